The number of carbonyl (C=O) groups excluding carboxylic acids is 1. The fourth-order valence-electron chi connectivity index (χ4n) is 3.70. The standard InChI is InChI=1S/C24H24N2O2/c27-24(19-7-2-1-3-8-19)20-12-15-26(16-13-20)18-21-9-4-5-11-23(21)28-22-10-6-14-25-17-22/h1-11,14,17,20H,12-13,15-16,18H2. The number of ketones is 1. The summed E-state index contributed by atoms with van der Waals surface area (Å²) >= 11 is 0. The molecule has 0 atom stereocenters. The number of hydrogen-bond donors (Lipinski definition) is 0. The van der Waals surface area contributed by atoms with Gasteiger partial charge < -0.3 is 4.74 Å². The van der Waals surface area contributed by atoms with Crippen molar-refractivity contribution in [3.8, 4) is 11.5 Å². The third-order valence-electron chi connectivity index (χ3n) is 5.25. The molecular formula is C24H24N2O2. The van der Waals surface area contributed by atoms with E-state index in [0.717, 1.165) is 55.1 Å². The van der Waals surface area contributed by atoms with Crippen LogP contribution in [0.25, 0.3) is 0 Å². The topological polar surface area (TPSA) is 42.4 Å². The third kappa shape index (κ3) is 4.46. The first-order valence-electron chi connectivity index (χ1n) is 9.77. The van der Waals surface area contributed by atoms with E-state index in [1.54, 1.807) is 12.4 Å². The van der Waals surface area contributed by atoms with Crippen molar-refractivity contribution in [1.29, 1.82) is 0 Å². The lowest BCUT2D eigenvalue weighted by molar-refractivity contribution is 0.0834. The predicted octanol–water partition coefficient (Wildman–Crippen LogP) is 4.97. The molecule has 2 aromatic carbocycles. The van der Waals surface area contributed by atoms with Gasteiger partial charge in [-0.1, -0.05) is 48.5 Å². The molecule has 0 spiro atoms. The number of aromatic nitrogens is 1. The van der Waals surface area contributed by atoms with Gasteiger partial charge in [-0.3, -0.25) is 14.7 Å². The minimum Gasteiger partial charge on any atom is -0.455 e. The van der Waals surface area contributed by atoms with Gasteiger partial charge in [0.15, 0.2) is 5.78 Å². The van der Waals surface area contributed by atoms with Gasteiger partial charge in [0.05, 0.1) is 6.20 Å². The largest absolute Gasteiger partial charge is 0.455 e. The molecule has 0 bridgehead atoms. The summed E-state index contributed by atoms with van der Waals surface area (Å²) in [5, 5.41) is 0. The Balaban J connectivity index is 1.37. The number of nitrogens with zero attached hydrogens (tertiary/aromatic N) is 2. The molecule has 0 amide bonds. The van der Waals surface area contributed by atoms with Gasteiger partial charge in [0.1, 0.15) is 11.5 Å². The number of likely N-dealkylation sites (tertiary alicyclic amines) is 1. The number of piperidine rings is 1. The molecular weight excluding hydrogens is 348 g/mol. The Morgan fingerprint density at radius 2 is 1.71 bits per heavy atom. The van der Waals surface area contributed by atoms with Crippen LogP contribution < -0.4 is 4.74 Å². The monoisotopic (exact) mass is 372 g/mol. The molecule has 4 rings (SSSR count). The number of rotatable bonds is 6. The Bertz CT molecular complexity index is 904. The summed E-state index contributed by atoms with van der Waals surface area (Å²) in [6.45, 7) is 2.66. The minimum atomic E-state index is 0.125. The quantitative estimate of drug-likeness (QED) is 0.573. The highest BCUT2D eigenvalue weighted by Gasteiger charge is 2.26. The zero-order valence-electron chi connectivity index (χ0n) is 15.8. The van der Waals surface area contributed by atoms with E-state index in [2.05, 4.69) is 16.0 Å². The van der Waals surface area contributed by atoms with Gasteiger partial charge in [0.25, 0.3) is 0 Å². The molecule has 0 saturated carbocycles. The minimum absolute atomic E-state index is 0.125. The summed E-state index contributed by atoms with van der Waals surface area (Å²) in [5.74, 6) is 2.00. The van der Waals surface area contributed by atoms with Crippen LogP contribution in [0.15, 0.2) is 79.1 Å². The van der Waals surface area contributed by atoms with Crippen LogP contribution >= 0.6 is 0 Å². The molecule has 1 aromatic heterocycles. The van der Waals surface area contributed by atoms with Crippen LogP contribution in [-0.4, -0.2) is 28.8 Å². The molecule has 142 valence electrons. The van der Waals surface area contributed by atoms with E-state index in [4.69, 9.17) is 4.74 Å². The van der Waals surface area contributed by atoms with Crippen LogP contribution in [0.1, 0.15) is 28.8 Å². The van der Waals surface area contributed by atoms with Crippen molar-refractivity contribution in [3.63, 3.8) is 0 Å². The van der Waals surface area contributed by atoms with Crippen LogP contribution in [0, 0.1) is 5.92 Å². The smallest absolute Gasteiger partial charge is 0.166 e. The molecule has 0 N–H and O–H groups in total. The van der Waals surface area contributed by atoms with E-state index >= 15 is 0 Å². The normalized spacial score (nSPS) is 15.3. The van der Waals surface area contributed by atoms with Crippen LogP contribution in [0.4, 0.5) is 0 Å². The summed E-state index contributed by atoms with van der Waals surface area (Å²) in [4.78, 5) is 19.2. The number of carbonyl (C=O) groups is 1. The molecule has 1 aliphatic heterocycles. The average molecular weight is 372 g/mol. The molecule has 4 heteroatoms. The maximum absolute atomic E-state index is 12.7. The lowest BCUT2D eigenvalue weighted by Crippen LogP contribution is -2.36. The predicted molar refractivity (Wildman–Crippen MR) is 110 cm³/mol. The maximum Gasteiger partial charge on any atom is 0.166 e. The number of pyridine rings is 1. The first-order valence-corrected chi connectivity index (χ1v) is 9.77. The first kappa shape index (κ1) is 18.4. The Kier molecular flexibility index (Phi) is 5.78. The fraction of sp³-hybridized carbons (Fsp3) is 0.250. The SMILES string of the molecule is O=C(c1ccccc1)C1CCN(Cc2ccccc2Oc2cccnc2)CC1. The lowest BCUT2D eigenvalue weighted by Gasteiger charge is -2.31. The van der Waals surface area contributed by atoms with E-state index in [9.17, 15) is 4.79 Å². The van der Waals surface area contributed by atoms with Crippen LogP contribution in [-0.2, 0) is 6.54 Å². The van der Waals surface area contributed by atoms with Crippen LogP contribution in [0.5, 0.6) is 11.5 Å². The molecule has 1 saturated heterocycles. The second-order valence-corrected chi connectivity index (χ2v) is 7.18. The van der Waals surface area contributed by atoms with Crippen molar-refractivity contribution in [3.05, 3.63) is 90.3 Å². The van der Waals surface area contributed by atoms with Crippen molar-refractivity contribution in [2.45, 2.75) is 19.4 Å². The summed E-state index contributed by atoms with van der Waals surface area (Å²) < 4.78 is 6.02. The van der Waals surface area contributed by atoms with E-state index < -0.39 is 0 Å². The Morgan fingerprint density at radius 1 is 0.964 bits per heavy atom. The van der Waals surface area contributed by atoms with Gasteiger partial charge in [-0.25, -0.2) is 0 Å². The molecule has 0 radical (unpaired) electrons. The van der Waals surface area contributed by atoms with Gasteiger partial charge >= 0.3 is 0 Å². The summed E-state index contributed by atoms with van der Waals surface area (Å²) in [5.41, 5.74) is 1.98. The van der Waals surface area contributed by atoms with Crippen molar-refractivity contribution < 1.29 is 9.53 Å². The summed E-state index contributed by atoms with van der Waals surface area (Å²) in [7, 11) is 0. The molecule has 3 aromatic rings. The first-order chi connectivity index (χ1) is 13.8. The third-order valence-corrected chi connectivity index (χ3v) is 5.25. The van der Waals surface area contributed by atoms with E-state index in [1.807, 2.05) is 60.7 Å². The maximum atomic E-state index is 12.7. The van der Waals surface area contributed by atoms with Crippen molar-refractivity contribution in [1.82, 2.24) is 9.88 Å². The van der Waals surface area contributed by atoms with Gasteiger partial charge in [-0.15, -0.1) is 0 Å². The number of ether oxygens (including phenoxy) is 1. The Hall–Kier alpha value is -2.98. The van der Waals surface area contributed by atoms with Gasteiger partial charge in [0, 0.05) is 29.8 Å². The Labute approximate surface area is 165 Å². The van der Waals surface area contributed by atoms with Gasteiger partial charge in [-0.2, -0.15) is 0 Å². The molecule has 28 heavy (non-hydrogen) atoms. The Morgan fingerprint density at radius 3 is 2.46 bits per heavy atom. The number of hydrogen-bond acceptors (Lipinski definition) is 4. The van der Waals surface area contributed by atoms with E-state index in [-0.39, 0.29) is 11.7 Å². The molecule has 2 heterocycles. The van der Waals surface area contributed by atoms with Crippen molar-refractivity contribution in [2.24, 2.45) is 5.92 Å². The number of para-hydroxylation sites is 1. The average Bonchev–Trinajstić information content (AvgIpc) is 2.76. The highest BCUT2D eigenvalue weighted by molar-refractivity contribution is 5.97. The molecule has 0 unspecified atom stereocenters. The van der Waals surface area contributed by atoms with Gasteiger partial charge in [0.2, 0.25) is 0 Å². The van der Waals surface area contributed by atoms with Crippen LogP contribution in [0.2, 0.25) is 0 Å². The zero-order chi connectivity index (χ0) is 19.2. The number of benzene rings is 2. The highest BCUT2D eigenvalue weighted by atomic mass is 16.5. The van der Waals surface area contributed by atoms with Crippen molar-refractivity contribution >= 4 is 5.78 Å². The molecule has 4 nitrogen and oxygen atoms in total. The molecule has 1 aliphatic rings. The highest BCUT2D eigenvalue weighted by Crippen LogP contribution is 2.28. The molecule has 0 aliphatic carbocycles. The summed E-state index contributed by atoms with van der Waals surface area (Å²) in [6.07, 6.45) is 5.26. The van der Waals surface area contributed by atoms with Gasteiger partial charge in [-0.05, 0) is 44.1 Å². The molecule has 1 fully saturated rings. The zero-order valence-corrected chi connectivity index (χ0v) is 15.8. The van der Waals surface area contributed by atoms with E-state index in [1.165, 1.54) is 0 Å². The fourth-order valence-corrected chi connectivity index (χ4v) is 3.70. The van der Waals surface area contributed by atoms with Crippen molar-refractivity contribution in [2.75, 3.05) is 13.1 Å². The van der Waals surface area contributed by atoms with E-state index in [0.29, 0.717) is 0 Å². The van der Waals surface area contributed by atoms with Crippen LogP contribution in [0.3, 0.4) is 0 Å². The second-order valence-electron chi connectivity index (χ2n) is 7.18. The number of Topliss-reactive ketones (excluding diaryl/α,β-unsaturated/α-hetero) is 1. The lowest BCUT2D eigenvalue weighted by atomic mass is 9.89. The second kappa shape index (κ2) is 8.81. The summed E-state index contributed by atoms with van der Waals surface area (Å²) in [6, 6.07) is 21.5.